The quantitative estimate of drug-likeness (QED) is 0.841. The molecule has 2 rings (SSSR count). The van der Waals surface area contributed by atoms with Crippen molar-refractivity contribution in [2.75, 3.05) is 0 Å². The molecule has 0 radical (unpaired) electrons. The molecule has 0 aliphatic heterocycles. The van der Waals surface area contributed by atoms with Crippen LogP contribution in [0.4, 0.5) is 0 Å². The second-order valence-electron chi connectivity index (χ2n) is 4.42. The minimum absolute atomic E-state index is 0.647. The number of hydrogen-bond donors (Lipinski definition) is 1. The van der Waals surface area contributed by atoms with Crippen LogP contribution in [0.3, 0.4) is 0 Å². The Balaban J connectivity index is 1.77. The molecule has 15 heavy (non-hydrogen) atoms. The van der Waals surface area contributed by atoms with E-state index in [2.05, 4.69) is 18.3 Å². The number of thiophene rings is 1. The first-order valence-corrected chi connectivity index (χ1v) is 6.93. The average molecular weight is 244 g/mol. The van der Waals surface area contributed by atoms with Crippen LogP contribution in [0.5, 0.6) is 0 Å². The van der Waals surface area contributed by atoms with Gasteiger partial charge in [-0.05, 0) is 37.8 Å². The van der Waals surface area contributed by atoms with Crippen molar-refractivity contribution < 1.29 is 0 Å². The van der Waals surface area contributed by atoms with Crippen LogP contribution < -0.4 is 5.32 Å². The van der Waals surface area contributed by atoms with E-state index in [0.29, 0.717) is 6.04 Å². The molecule has 1 heterocycles. The highest BCUT2D eigenvalue weighted by Crippen LogP contribution is 2.28. The Kier molecular flexibility index (Phi) is 4.06. The molecule has 1 N–H and O–H groups in total. The Morgan fingerprint density at radius 2 is 2.20 bits per heavy atom. The molecule has 3 heteroatoms. The molecule has 1 fully saturated rings. The SMILES string of the molecule is CC(NCc1ccc(Cl)s1)C1CCCC1. The second-order valence-corrected chi connectivity index (χ2v) is 6.22. The Morgan fingerprint density at radius 3 is 2.80 bits per heavy atom. The van der Waals surface area contributed by atoms with Crippen molar-refractivity contribution in [3.63, 3.8) is 0 Å². The highest BCUT2D eigenvalue weighted by atomic mass is 35.5. The lowest BCUT2D eigenvalue weighted by molar-refractivity contribution is 0.381. The molecule has 1 aliphatic rings. The first-order chi connectivity index (χ1) is 7.25. The lowest BCUT2D eigenvalue weighted by Crippen LogP contribution is -2.31. The molecule has 1 unspecified atom stereocenters. The fourth-order valence-electron chi connectivity index (χ4n) is 2.33. The van der Waals surface area contributed by atoms with E-state index in [1.165, 1.54) is 30.6 Å². The predicted molar refractivity (Wildman–Crippen MR) is 67.6 cm³/mol. The van der Waals surface area contributed by atoms with Crippen molar-refractivity contribution in [3.8, 4) is 0 Å². The summed E-state index contributed by atoms with van der Waals surface area (Å²) >= 11 is 7.57. The minimum atomic E-state index is 0.647. The van der Waals surface area contributed by atoms with E-state index in [-0.39, 0.29) is 0 Å². The van der Waals surface area contributed by atoms with E-state index in [4.69, 9.17) is 11.6 Å². The molecule has 0 spiro atoms. The third kappa shape index (κ3) is 3.20. The molecule has 1 aromatic heterocycles. The molecule has 0 bridgehead atoms. The first kappa shape index (κ1) is 11.4. The summed E-state index contributed by atoms with van der Waals surface area (Å²) in [7, 11) is 0. The zero-order valence-corrected chi connectivity index (χ0v) is 10.7. The third-order valence-corrected chi connectivity index (χ3v) is 4.57. The summed E-state index contributed by atoms with van der Waals surface area (Å²) in [6.07, 6.45) is 5.64. The average Bonchev–Trinajstić information content (AvgIpc) is 2.84. The van der Waals surface area contributed by atoms with Crippen LogP contribution in [-0.2, 0) is 6.54 Å². The Hall–Kier alpha value is -0.0500. The van der Waals surface area contributed by atoms with E-state index in [0.717, 1.165) is 16.8 Å². The van der Waals surface area contributed by atoms with Crippen molar-refractivity contribution in [2.45, 2.75) is 45.2 Å². The molecule has 1 atom stereocenters. The largest absolute Gasteiger partial charge is 0.309 e. The summed E-state index contributed by atoms with van der Waals surface area (Å²) in [5, 5.41) is 3.61. The fraction of sp³-hybridized carbons (Fsp3) is 0.667. The van der Waals surface area contributed by atoms with Gasteiger partial charge in [0.1, 0.15) is 0 Å². The van der Waals surface area contributed by atoms with Gasteiger partial charge in [-0.15, -0.1) is 11.3 Å². The predicted octanol–water partition coefficient (Wildman–Crippen LogP) is 4.07. The highest BCUT2D eigenvalue weighted by Gasteiger charge is 2.20. The van der Waals surface area contributed by atoms with Gasteiger partial charge in [-0.1, -0.05) is 24.4 Å². The number of halogens is 1. The molecule has 0 saturated heterocycles. The van der Waals surface area contributed by atoms with Gasteiger partial charge in [0.2, 0.25) is 0 Å². The zero-order chi connectivity index (χ0) is 10.7. The molecule has 1 nitrogen and oxygen atoms in total. The van der Waals surface area contributed by atoms with Crippen LogP contribution in [0.1, 0.15) is 37.5 Å². The van der Waals surface area contributed by atoms with Crippen molar-refractivity contribution in [3.05, 3.63) is 21.3 Å². The summed E-state index contributed by atoms with van der Waals surface area (Å²) in [6.45, 7) is 3.28. The van der Waals surface area contributed by atoms with Crippen LogP contribution in [0.2, 0.25) is 4.34 Å². The normalized spacial score (nSPS) is 19.6. The van der Waals surface area contributed by atoms with Gasteiger partial charge in [-0.2, -0.15) is 0 Å². The van der Waals surface area contributed by atoms with Crippen molar-refractivity contribution >= 4 is 22.9 Å². The molecule has 1 saturated carbocycles. The monoisotopic (exact) mass is 243 g/mol. The van der Waals surface area contributed by atoms with E-state index in [1.54, 1.807) is 11.3 Å². The van der Waals surface area contributed by atoms with Gasteiger partial charge in [0.25, 0.3) is 0 Å². The van der Waals surface area contributed by atoms with Crippen molar-refractivity contribution in [1.29, 1.82) is 0 Å². The molecule has 0 amide bonds. The molecular weight excluding hydrogens is 226 g/mol. The fourth-order valence-corrected chi connectivity index (χ4v) is 3.37. The summed E-state index contributed by atoms with van der Waals surface area (Å²) < 4.78 is 0.889. The number of rotatable bonds is 4. The van der Waals surface area contributed by atoms with Crippen LogP contribution in [-0.4, -0.2) is 6.04 Å². The van der Waals surface area contributed by atoms with Gasteiger partial charge in [-0.25, -0.2) is 0 Å². The van der Waals surface area contributed by atoms with Gasteiger partial charge >= 0.3 is 0 Å². The topological polar surface area (TPSA) is 12.0 Å². The Labute approximate surface area is 101 Å². The van der Waals surface area contributed by atoms with Crippen LogP contribution in [0.15, 0.2) is 12.1 Å². The second kappa shape index (κ2) is 5.33. The van der Waals surface area contributed by atoms with Gasteiger partial charge in [-0.3, -0.25) is 0 Å². The zero-order valence-electron chi connectivity index (χ0n) is 9.13. The van der Waals surface area contributed by atoms with E-state index in [9.17, 15) is 0 Å². The minimum Gasteiger partial charge on any atom is -0.309 e. The molecule has 84 valence electrons. The summed E-state index contributed by atoms with van der Waals surface area (Å²) in [6, 6.07) is 4.73. The summed E-state index contributed by atoms with van der Waals surface area (Å²) in [5.74, 6) is 0.889. The smallest absolute Gasteiger partial charge is 0.0931 e. The molecule has 0 aromatic carbocycles. The third-order valence-electron chi connectivity index (χ3n) is 3.33. The number of hydrogen-bond acceptors (Lipinski definition) is 2. The van der Waals surface area contributed by atoms with E-state index < -0.39 is 0 Å². The van der Waals surface area contributed by atoms with Crippen LogP contribution >= 0.6 is 22.9 Å². The summed E-state index contributed by atoms with van der Waals surface area (Å²) in [5.41, 5.74) is 0. The highest BCUT2D eigenvalue weighted by molar-refractivity contribution is 7.16. The lowest BCUT2D eigenvalue weighted by atomic mass is 10.00. The maximum Gasteiger partial charge on any atom is 0.0931 e. The number of nitrogens with one attached hydrogen (secondary N) is 1. The molecule has 1 aromatic rings. The van der Waals surface area contributed by atoms with Crippen molar-refractivity contribution in [1.82, 2.24) is 5.32 Å². The van der Waals surface area contributed by atoms with Gasteiger partial charge in [0.15, 0.2) is 0 Å². The van der Waals surface area contributed by atoms with Gasteiger partial charge in [0.05, 0.1) is 4.34 Å². The van der Waals surface area contributed by atoms with E-state index >= 15 is 0 Å². The van der Waals surface area contributed by atoms with Crippen molar-refractivity contribution in [2.24, 2.45) is 5.92 Å². The van der Waals surface area contributed by atoms with Gasteiger partial charge in [0, 0.05) is 17.5 Å². The maximum absolute atomic E-state index is 5.89. The van der Waals surface area contributed by atoms with Crippen LogP contribution in [0, 0.1) is 5.92 Å². The lowest BCUT2D eigenvalue weighted by Gasteiger charge is -2.19. The standard InChI is InChI=1S/C12H18ClNS/c1-9(10-4-2-3-5-10)14-8-11-6-7-12(13)15-11/h6-7,9-10,14H,2-5,8H2,1H3. The first-order valence-electron chi connectivity index (χ1n) is 5.73. The molecular formula is C12H18ClNS. The Bertz CT molecular complexity index is 304. The Morgan fingerprint density at radius 1 is 1.47 bits per heavy atom. The van der Waals surface area contributed by atoms with E-state index in [1.807, 2.05) is 6.07 Å². The molecule has 1 aliphatic carbocycles. The summed E-state index contributed by atoms with van der Waals surface area (Å²) in [4.78, 5) is 1.34. The maximum atomic E-state index is 5.89. The van der Waals surface area contributed by atoms with Crippen LogP contribution in [0.25, 0.3) is 0 Å². The van der Waals surface area contributed by atoms with Gasteiger partial charge < -0.3 is 5.32 Å².